The smallest absolute Gasteiger partial charge is 0.258 e. The maximum absolute atomic E-state index is 11.3. The normalized spacial score (nSPS) is 21.9. The van der Waals surface area contributed by atoms with Crippen molar-refractivity contribution in [3.05, 3.63) is 39.9 Å². The Labute approximate surface area is 109 Å². The monoisotopic (exact) mass is 307 g/mol. The molecule has 1 aromatic carbocycles. The Morgan fingerprint density at radius 1 is 1.05 bits per heavy atom. The molecule has 1 saturated heterocycles. The van der Waals surface area contributed by atoms with Crippen molar-refractivity contribution < 1.29 is 25.4 Å². The zero-order valence-corrected chi connectivity index (χ0v) is 11.1. The fourth-order valence-corrected chi connectivity index (χ4v) is 5.28. The number of nitro benzene ring substituents is 1. The Morgan fingerprint density at radius 3 is 1.95 bits per heavy atom. The van der Waals surface area contributed by atoms with Crippen LogP contribution in [0.4, 0.5) is 5.69 Å². The molecule has 0 N–H and O–H groups in total. The first-order valence-corrected chi connectivity index (χ1v) is 8.25. The molecule has 1 aliphatic heterocycles. The summed E-state index contributed by atoms with van der Waals surface area (Å²) in [4.78, 5) is 9.89. The van der Waals surface area contributed by atoms with Gasteiger partial charge in [-0.15, -0.1) is 3.63 Å². The van der Waals surface area contributed by atoms with E-state index in [2.05, 4.69) is 3.63 Å². The van der Waals surface area contributed by atoms with Crippen LogP contribution in [0.1, 0.15) is 11.5 Å². The van der Waals surface area contributed by atoms with Crippen LogP contribution in [0, 0.1) is 10.1 Å². The van der Waals surface area contributed by atoms with Crippen molar-refractivity contribution in [3.8, 4) is 0 Å². The Balaban J connectivity index is 2.34. The summed E-state index contributed by atoms with van der Waals surface area (Å²) in [5.41, 5.74) is 0.252. The van der Waals surface area contributed by atoms with Gasteiger partial charge in [0.25, 0.3) is 25.9 Å². The van der Waals surface area contributed by atoms with E-state index >= 15 is 0 Å². The Bertz CT molecular complexity index is 671. The second kappa shape index (κ2) is 4.54. The van der Waals surface area contributed by atoms with E-state index in [-0.39, 0.29) is 5.69 Å². The summed E-state index contributed by atoms with van der Waals surface area (Å²) in [5.74, 6) is -1.72. The summed E-state index contributed by atoms with van der Waals surface area (Å²) >= 11 is 0. The summed E-state index contributed by atoms with van der Waals surface area (Å²) in [5, 5.41) is 10.5. The number of non-ortho nitro benzene ring substituents is 1. The maximum atomic E-state index is 11.3. The van der Waals surface area contributed by atoms with Crippen LogP contribution < -0.4 is 0 Å². The largest absolute Gasteiger partial charge is 0.282 e. The molecule has 0 unspecified atom stereocenters. The molecule has 10 heteroatoms. The first kappa shape index (κ1) is 13.9. The van der Waals surface area contributed by atoms with Crippen LogP contribution in [0.25, 0.3) is 0 Å². The van der Waals surface area contributed by atoms with E-state index in [0.29, 0.717) is 5.56 Å². The van der Waals surface area contributed by atoms with Gasteiger partial charge in [-0.2, -0.15) is 16.8 Å². The maximum Gasteiger partial charge on any atom is 0.282 e. The highest BCUT2D eigenvalue weighted by Crippen LogP contribution is 2.28. The quantitative estimate of drug-likeness (QED) is 0.571. The third kappa shape index (κ3) is 3.28. The zero-order chi connectivity index (χ0) is 14.3. The molecule has 0 atom stereocenters. The first-order valence-electron chi connectivity index (χ1n) is 5.09. The highest BCUT2D eigenvalue weighted by molar-refractivity contribution is 8.00. The number of nitro groups is 1. The van der Waals surface area contributed by atoms with Gasteiger partial charge in [-0.05, 0) is 5.56 Å². The Hall–Kier alpha value is -1.52. The molecule has 1 heterocycles. The topological polar surface area (TPSA) is 121 Å². The minimum atomic E-state index is -4.14. The van der Waals surface area contributed by atoms with Crippen molar-refractivity contribution in [2.24, 2.45) is 0 Å². The van der Waals surface area contributed by atoms with Crippen LogP contribution in [0.2, 0.25) is 0 Å². The average molecular weight is 307 g/mol. The highest BCUT2D eigenvalue weighted by Gasteiger charge is 2.36. The third-order valence-corrected chi connectivity index (χ3v) is 5.87. The molecule has 1 fully saturated rings. The fraction of sp³-hybridized carbons (Fsp3) is 0.333. The van der Waals surface area contributed by atoms with Gasteiger partial charge < -0.3 is 0 Å². The van der Waals surface area contributed by atoms with Gasteiger partial charge >= 0.3 is 0 Å². The lowest BCUT2D eigenvalue weighted by Crippen LogP contribution is -2.32. The van der Waals surface area contributed by atoms with Gasteiger partial charge in [0.15, 0.2) is 0 Å². The lowest BCUT2D eigenvalue weighted by atomic mass is 10.0. The summed E-state index contributed by atoms with van der Waals surface area (Å²) < 4.78 is 49.3. The SMILES string of the molecule is O=[N+]([O-])c1ccc(C2CS(=O)(=O)OS(=O)(=O)C2)cc1. The molecule has 0 aliphatic carbocycles. The van der Waals surface area contributed by atoms with Gasteiger partial charge in [0.1, 0.15) is 0 Å². The molecular weight excluding hydrogens is 298 g/mol. The summed E-state index contributed by atoms with van der Waals surface area (Å²) in [6, 6.07) is 5.09. The molecule has 19 heavy (non-hydrogen) atoms. The average Bonchev–Trinajstić information content (AvgIpc) is 2.25. The van der Waals surface area contributed by atoms with E-state index < -0.39 is 42.6 Å². The lowest BCUT2D eigenvalue weighted by Gasteiger charge is -2.21. The fourth-order valence-electron chi connectivity index (χ4n) is 1.82. The van der Waals surface area contributed by atoms with E-state index in [9.17, 15) is 26.9 Å². The van der Waals surface area contributed by atoms with E-state index in [1.54, 1.807) is 0 Å². The third-order valence-electron chi connectivity index (χ3n) is 2.59. The number of rotatable bonds is 2. The molecule has 0 radical (unpaired) electrons. The molecule has 0 spiro atoms. The molecule has 0 saturated carbocycles. The minimum Gasteiger partial charge on any atom is -0.258 e. The number of nitrogens with zero attached hydrogens (tertiary/aromatic N) is 1. The van der Waals surface area contributed by atoms with Gasteiger partial charge in [-0.1, -0.05) is 12.1 Å². The molecular formula is C9H9NO7S2. The van der Waals surface area contributed by atoms with E-state index in [0.717, 1.165) is 0 Å². The van der Waals surface area contributed by atoms with Crippen LogP contribution in [0.3, 0.4) is 0 Å². The lowest BCUT2D eigenvalue weighted by molar-refractivity contribution is -0.384. The second-order valence-electron chi connectivity index (χ2n) is 4.06. The molecule has 0 bridgehead atoms. The van der Waals surface area contributed by atoms with Crippen LogP contribution in [0.15, 0.2) is 24.3 Å². The van der Waals surface area contributed by atoms with Crippen molar-refractivity contribution >= 4 is 25.9 Å². The summed E-state index contributed by atoms with van der Waals surface area (Å²) in [6.45, 7) is 0. The standard InChI is InChI=1S/C9H9NO7S2/c11-10(12)9-3-1-7(2-4-9)8-5-18(13,14)17-19(15,16)6-8/h1-4,8H,5-6H2. The van der Waals surface area contributed by atoms with Crippen LogP contribution >= 0.6 is 0 Å². The number of benzene rings is 1. The van der Waals surface area contributed by atoms with E-state index in [1.807, 2.05) is 0 Å². The molecule has 104 valence electrons. The van der Waals surface area contributed by atoms with Gasteiger partial charge in [-0.25, -0.2) is 0 Å². The summed E-state index contributed by atoms with van der Waals surface area (Å²) in [6.07, 6.45) is 0. The van der Waals surface area contributed by atoms with Crippen LogP contribution in [-0.2, 0) is 23.9 Å². The van der Waals surface area contributed by atoms with Gasteiger partial charge in [0.05, 0.1) is 16.4 Å². The van der Waals surface area contributed by atoms with E-state index in [4.69, 9.17) is 0 Å². The van der Waals surface area contributed by atoms with E-state index in [1.165, 1.54) is 24.3 Å². The minimum absolute atomic E-state index is 0.151. The first-order chi connectivity index (χ1) is 8.69. The highest BCUT2D eigenvalue weighted by atomic mass is 32.3. The van der Waals surface area contributed by atoms with Crippen molar-refractivity contribution in [1.29, 1.82) is 0 Å². The number of hydrogen-bond acceptors (Lipinski definition) is 7. The Kier molecular flexibility index (Phi) is 3.32. The predicted octanol–water partition coefficient (Wildman–Crippen LogP) is 0.368. The predicted molar refractivity (Wildman–Crippen MR) is 64.5 cm³/mol. The van der Waals surface area contributed by atoms with Gasteiger partial charge in [0, 0.05) is 18.1 Å². The molecule has 2 rings (SSSR count). The second-order valence-corrected chi connectivity index (χ2v) is 7.50. The van der Waals surface area contributed by atoms with Crippen LogP contribution in [0.5, 0.6) is 0 Å². The van der Waals surface area contributed by atoms with Gasteiger partial charge in [-0.3, -0.25) is 10.1 Å². The molecule has 0 amide bonds. The summed E-state index contributed by atoms with van der Waals surface area (Å²) in [7, 11) is -8.27. The molecule has 8 nitrogen and oxygen atoms in total. The molecule has 1 aliphatic rings. The van der Waals surface area contributed by atoms with Crippen LogP contribution in [-0.4, -0.2) is 33.3 Å². The number of hydrogen-bond donors (Lipinski definition) is 0. The van der Waals surface area contributed by atoms with Crippen molar-refractivity contribution in [3.63, 3.8) is 0 Å². The molecule has 0 aromatic heterocycles. The Morgan fingerprint density at radius 2 is 1.53 bits per heavy atom. The van der Waals surface area contributed by atoms with Crippen molar-refractivity contribution in [2.45, 2.75) is 5.92 Å². The van der Waals surface area contributed by atoms with Crippen molar-refractivity contribution in [1.82, 2.24) is 0 Å². The van der Waals surface area contributed by atoms with Gasteiger partial charge in [0.2, 0.25) is 0 Å². The van der Waals surface area contributed by atoms with Crippen molar-refractivity contribution in [2.75, 3.05) is 11.5 Å². The molecule has 1 aromatic rings. The zero-order valence-electron chi connectivity index (χ0n) is 9.42.